The number of likely N-dealkylation sites (tertiary alicyclic amines) is 1. The van der Waals surface area contributed by atoms with Crippen molar-refractivity contribution in [3.05, 3.63) is 17.5 Å². The van der Waals surface area contributed by atoms with Crippen LogP contribution in [0.3, 0.4) is 0 Å². The molecule has 2 fully saturated rings. The molecule has 1 aromatic rings. The van der Waals surface area contributed by atoms with Gasteiger partial charge in [0.2, 0.25) is 0 Å². The molecule has 0 N–H and O–H groups in total. The first-order chi connectivity index (χ1) is 9.68. The molecule has 1 saturated heterocycles. The van der Waals surface area contributed by atoms with Crippen molar-refractivity contribution in [2.45, 2.75) is 58.7 Å². The second-order valence-electron chi connectivity index (χ2n) is 6.47. The third-order valence-electron chi connectivity index (χ3n) is 5.62. The van der Waals surface area contributed by atoms with E-state index in [2.05, 4.69) is 28.5 Å². The SMILES string of the molecule is CCn1ncc(CN2CCC3(CCC3OC)CC2)c1C. The lowest BCUT2D eigenvalue weighted by atomic mass is 9.61. The number of ether oxygens (including phenoxy) is 1. The van der Waals surface area contributed by atoms with Gasteiger partial charge in [-0.15, -0.1) is 0 Å². The smallest absolute Gasteiger partial charge is 0.0628 e. The van der Waals surface area contributed by atoms with Crippen molar-refractivity contribution < 1.29 is 4.74 Å². The van der Waals surface area contributed by atoms with Crippen molar-refractivity contribution in [2.75, 3.05) is 20.2 Å². The summed E-state index contributed by atoms with van der Waals surface area (Å²) in [4.78, 5) is 2.58. The molecular formula is C16H27N3O. The van der Waals surface area contributed by atoms with Crippen LogP contribution in [0, 0.1) is 12.3 Å². The average Bonchev–Trinajstić information content (AvgIpc) is 2.80. The molecule has 2 aliphatic rings. The number of hydrogen-bond acceptors (Lipinski definition) is 3. The minimum Gasteiger partial charge on any atom is -0.381 e. The molecule has 0 aromatic carbocycles. The van der Waals surface area contributed by atoms with E-state index in [1.54, 1.807) is 0 Å². The van der Waals surface area contributed by atoms with E-state index < -0.39 is 0 Å². The first kappa shape index (κ1) is 14.1. The molecule has 4 heteroatoms. The van der Waals surface area contributed by atoms with Crippen LogP contribution in [0.15, 0.2) is 6.20 Å². The molecule has 4 nitrogen and oxygen atoms in total. The molecule has 112 valence electrons. The highest BCUT2D eigenvalue weighted by atomic mass is 16.5. The zero-order valence-corrected chi connectivity index (χ0v) is 13.1. The highest BCUT2D eigenvalue weighted by Crippen LogP contribution is 2.50. The van der Waals surface area contributed by atoms with Gasteiger partial charge in [0, 0.05) is 31.5 Å². The Hall–Kier alpha value is -0.870. The summed E-state index contributed by atoms with van der Waals surface area (Å²) >= 11 is 0. The standard InChI is InChI=1S/C16H27N3O/c1-4-19-13(2)14(11-17-19)12-18-9-7-16(8-10-18)6-5-15(16)20-3/h11,15H,4-10,12H2,1-3H3. The molecule has 1 aromatic heterocycles. The second-order valence-corrected chi connectivity index (χ2v) is 6.47. The van der Waals surface area contributed by atoms with Crippen molar-refractivity contribution >= 4 is 0 Å². The van der Waals surface area contributed by atoms with Gasteiger partial charge in [0.05, 0.1) is 12.3 Å². The molecule has 20 heavy (non-hydrogen) atoms. The quantitative estimate of drug-likeness (QED) is 0.847. The largest absolute Gasteiger partial charge is 0.381 e. The summed E-state index contributed by atoms with van der Waals surface area (Å²) in [7, 11) is 1.88. The second kappa shape index (κ2) is 5.49. The molecule has 1 unspecified atom stereocenters. The Morgan fingerprint density at radius 3 is 2.60 bits per heavy atom. The summed E-state index contributed by atoms with van der Waals surface area (Å²) in [6, 6.07) is 0. The van der Waals surface area contributed by atoms with Crippen LogP contribution < -0.4 is 0 Å². The Bertz CT molecular complexity index is 458. The average molecular weight is 277 g/mol. The van der Waals surface area contributed by atoms with Crippen LogP contribution in [0.1, 0.15) is 43.9 Å². The summed E-state index contributed by atoms with van der Waals surface area (Å²) in [5.41, 5.74) is 3.22. The maximum Gasteiger partial charge on any atom is 0.0628 e. The molecule has 2 heterocycles. The van der Waals surface area contributed by atoms with Crippen molar-refractivity contribution in [2.24, 2.45) is 5.41 Å². The van der Waals surface area contributed by atoms with E-state index in [4.69, 9.17) is 4.74 Å². The lowest BCUT2D eigenvalue weighted by molar-refractivity contribution is -0.120. The van der Waals surface area contributed by atoms with Crippen LogP contribution in [-0.4, -0.2) is 41.0 Å². The van der Waals surface area contributed by atoms with Gasteiger partial charge in [-0.05, 0) is 58.0 Å². The number of piperidine rings is 1. The summed E-state index contributed by atoms with van der Waals surface area (Å²) < 4.78 is 7.73. The van der Waals surface area contributed by atoms with Gasteiger partial charge in [-0.3, -0.25) is 9.58 Å². The van der Waals surface area contributed by atoms with E-state index in [9.17, 15) is 0 Å². The maximum absolute atomic E-state index is 5.64. The van der Waals surface area contributed by atoms with E-state index in [-0.39, 0.29) is 0 Å². The molecular weight excluding hydrogens is 250 g/mol. The third-order valence-corrected chi connectivity index (χ3v) is 5.62. The van der Waals surface area contributed by atoms with Crippen molar-refractivity contribution in [1.29, 1.82) is 0 Å². The minimum absolute atomic E-state index is 0.508. The monoisotopic (exact) mass is 277 g/mol. The molecule has 1 spiro atoms. The number of nitrogens with zero attached hydrogens (tertiary/aromatic N) is 3. The summed E-state index contributed by atoms with van der Waals surface area (Å²) in [6.45, 7) is 8.76. The lowest BCUT2D eigenvalue weighted by Crippen LogP contribution is -2.52. The van der Waals surface area contributed by atoms with Gasteiger partial charge < -0.3 is 4.74 Å². The maximum atomic E-state index is 5.64. The molecule has 1 atom stereocenters. The fourth-order valence-electron chi connectivity index (χ4n) is 3.97. The van der Waals surface area contributed by atoms with Gasteiger partial charge in [-0.1, -0.05) is 0 Å². The Kier molecular flexibility index (Phi) is 3.87. The number of rotatable bonds is 4. The van der Waals surface area contributed by atoms with Gasteiger partial charge in [-0.2, -0.15) is 5.10 Å². The molecule has 1 aliphatic carbocycles. The van der Waals surface area contributed by atoms with Crippen molar-refractivity contribution in [1.82, 2.24) is 14.7 Å². The highest BCUT2D eigenvalue weighted by Gasteiger charge is 2.48. The first-order valence-electron chi connectivity index (χ1n) is 7.95. The predicted molar refractivity (Wildman–Crippen MR) is 79.6 cm³/mol. The Balaban J connectivity index is 1.57. The van der Waals surface area contributed by atoms with Gasteiger partial charge in [0.1, 0.15) is 0 Å². The molecule has 1 aliphatic heterocycles. The predicted octanol–water partition coefficient (Wildman–Crippen LogP) is 2.60. The van der Waals surface area contributed by atoms with Gasteiger partial charge in [-0.25, -0.2) is 0 Å². The minimum atomic E-state index is 0.508. The van der Waals surface area contributed by atoms with E-state index >= 15 is 0 Å². The molecule has 1 saturated carbocycles. The van der Waals surface area contributed by atoms with Crippen LogP contribution >= 0.6 is 0 Å². The zero-order valence-electron chi connectivity index (χ0n) is 13.1. The number of aromatic nitrogens is 2. The first-order valence-corrected chi connectivity index (χ1v) is 7.95. The fraction of sp³-hybridized carbons (Fsp3) is 0.812. The molecule has 0 bridgehead atoms. The van der Waals surface area contributed by atoms with Gasteiger partial charge >= 0.3 is 0 Å². The third kappa shape index (κ3) is 2.29. The van der Waals surface area contributed by atoms with E-state index in [0.717, 1.165) is 13.1 Å². The fourth-order valence-corrected chi connectivity index (χ4v) is 3.97. The molecule has 0 radical (unpaired) electrons. The Morgan fingerprint density at radius 2 is 2.10 bits per heavy atom. The number of hydrogen-bond donors (Lipinski definition) is 0. The van der Waals surface area contributed by atoms with E-state index in [0.29, 0.717) is 11.5 Å². The number of methoxy groups -OCH3 is 1. The van der Waals surface area contributed by atoms with Crippen LogP contribution in [0.5, 0.6) is 0 Å². The summed E-state index contributed by atoms with van der Waals surface area (Å²) in [5, 5.41) is 4.45. The van der Waals surface area contributed by atoms with Crippen LogP contribution in [0.2, 0.25) is 0 Å². The van der Waals surface area contributed by atoms with Gasteiger partial charge in [0.25, 0.3) is 0 Å². The Labute approximate surface area is 122 Å². The van der Waals surface area contributed by atoms with Gasteiger partial charge in [0.15, 0.2) is 0 Å². The van der Waals surface area contributed by atoms with Crippen LogP contribution in [-0.2, 0) is 17.8 Å². The number of aryl methyl sites for hydroxylation is 1. The zero-order chi connectivity index (χ0) is 14.2. The topological polar surface area (TPSA) is 30.3 Å². The Morgan fingerprint density at radius 1 is 1.35 bits per heavy atom. The van der Waals surface area contributed by atoms with Crippen LogP contribution in [0.4, 0.5) is 0 Å². The van der Waals surface area contributed by atoms with E-state index in [1.165, 1.54) is 50.0 Å². The van der Waals surface area contributed by atoms with Crippen LogP contribution in [0.25, 0.3) is 0 Å². The van der Waals surface area contributed by atoms with Crippen molar-refractivity contribution in [3.8, 4) is 0 Å². The molecule has 3 rings (SSSR count). The van der Waals surface area contributed by atoms with E-state index in [1.807, 2.05) is 13.3 Å². The molecule has 0 amide bonds. The normalized spacial score (nSPS) is 25.9. The summed E-state index contributed by atoms with van der Waals surface area (Å²) in [6.07, 6.45) is 7.79. The van der Waals surface area contributed by atoms with Crippen molar-refractivity contribution in [3.63, 3.8) is 0 Å². The summed E-state index contributed by atoms with van der Waals surface area (Å²) in [5.74, 6) is 0. The lowest BCUT2D eigenvalue weighted by Gasteiger charge is -2.53. The highest BCUT2D eigenvalue weighted by molar-refractivity contribution is 5.16.